The fraction of sp³-hybridized carbons (Fsp3) is 1.00. The van der Waals surface area contributed by atoms with Crippen molar-refractivity contribution >= 4 is 0 Å². The van der Waals surface area contributed by atoms with Gasteiger partial charge in [0.15, 0.2) is 0 Å². The molecule has 11 heavy (non-hydrogen) atoms. The number of ether oxygens (including phenoxy) is 1. The van der Waals surface area contributed by atoms with Crippen LogP contribution in [0, 0.1) is 11.8 Å². The molecule has 0 rings (SSSR count). The number of hydrogen-bond donors (Lipinski definition) is 0. The summed E-state index contributed by atoms with van der Waals surface area (Å²) in [6.45, 7) is 11.8. The molecule has 0 heterocycles. The molecule has 1 atom stereocenters. The second-order valence-electron chi connectivity index (χ2n) is 4.12. The normalized spacial score (nSPS) is 14.5. The summed E-state index contributed by atoms with van der Waals surface area (Å²) < 4.78 is 5.50. The maximum Gasteiger partial charge on any atom is 0.0519 e. The van der Waals surface area contributed by atoms with Crippen LogP contribution in [-0.2, 0) is 4.74 Å². The SMILES string of the molecule is CC(C)C[C@H](C)COC(C)C. The van der Waals surface area contributed by atoms with Gasteiger partial charge in [0.05, 0.1) is 6.10 Å². The van der Waals surface area contributed by atoms with Gasteiger partial charge in [-0.05, 0) is 32.1 Å². The highest BCUT2D eigenvalue weighted by Gasteiger charge is 2.05. The maximum atomic E-state index is 5.50. The van der Waals surface area contributed by atoms with Crippen LogP contribution in [0.4, 0.5) is 0 Å². The molecule has 1 heteroatoms. The van der Waals surface area contributed by atoms with Crippen molar-refractivity contribution in [2.75, 3.05) is 6.61 Å². The van der Waals surface area contributed by atoms with Crippen LogP contribution >= 0.6 is 0 Å². The minimum absolute atomic E-state index is 0.379. The van der Waals surface area contributed by atoms with Gasteiger partial charge in [-0.3, -0.25) is 0 Å². The zero-order valence-electron chi connectivity index (χ0n) is 8.55. The molecule has 0 aliphatic rings. The molecule has 0 aliphatic heterocycles. The fourth-order valence-corrected chi connectivity index (χ4v) is 1.23. The summed E-state index contributed by atoms with van der Waals surface area (Å²) >= 11 is 0. The molecule has 0 N–H and O–H groups in total. The second-order valence-corrected chi connectivity index (χ2v) is 4.12. The second kappa shape index (κ2) is 5.59. The third kappa shape index (κ3) is 7.86. The van der Waals surface area contributed by atoms with Crippen molar-refractivity contribution in [3.05, 3.63) is 0 Å². The zero-order valence-corrected chi connectivity index (χ0v) is 8.55. The maximum absolute atomic E-state index is 5.50. The Bertz CT molecular complexity index is 86.9. The molecular weight excluding hydrogens is 136 g/mol. The van der Waals surface area contributed by atoms with Gasteiger partial charge in [0.25, 0.3) is 0 Å². The molecule has 0 aromatic rings. The van der Waals surface area contributed by atoms with Crippen molar-refractivity contribution in [2.45, 2.75) is 47.1 Å². The van der Waals surface area contributed by atoms with E-state index in [9.17, 15) is 0 Å². The van der Waals surface area contributed by atoms with Gasteiger partial charge >= 0.3 is 0 Å². The molecule has 0 bridgehead atoms. The number of rotatable bonds is 5. The lowest BCUT2D eigenvalue weighted by atomic mass is 10.00. The number of hydrogen-bond acceptors (Lipinski definition) is 1. The largest absolute Gasteiger partial charge is 0.379 e. The lowest BCUT2D eigenvalue weighted by Crippen LogP contribution is -2.12. The highest BCUT2D eigenvalue weighted by Crippen LogP contribution is 2.11. The smallest absolute Gasteiger partial charge is 0.0519 e. The highest BCUT2D eigenvalue weighted by atomic mass is 16.5. The summed E-state index contributed by atoms with van der Waals surface area (Å²) in [7, 11) is 0. The average Bonchev–Trinajstić information content (AvgIpc) is 1.82. The zero-order chi connectivity index (χ0) is 8.85. The van der Waals surface area contributed by atoms with Crippen molar-refractivity contribution in [3.63, 3.8) is 0 Å². The van der Waals surface area contributed by atoms with Crippen molar-refractivity contribution in [1.82, 2.24) is 0 Å². The van der Waals surface area contributed by atoms with Crippen molar-refractivity contribution in [3.8, 4) is 0 Å². The van der Waals surface area contributed by atoms with Crippen LogP contribution in [-0.4, -0.2) is 12.7 Å². The first kappa shape index (κ1) is 11.0. The molecule has 1 nitrogen and oxygen atoms in total. The minimum Gasteiger partial charge on any atom is -0.379 e. The Labute approximate surface area is 71.1 Å². The van der Waals surface area contributed by atoms with E-state index in [1.807, 2.05) is 0 Å². The fourth-order valence-electron chi connectivity index (χ4n) is 1.23. The van der Waals surface area contributed by atoms with Crippen LogP contribution in [0.15, 0.2) is 0 Å². The predicted octanol–water partition coefficient (Wildman–Crippen LogP) is 3.09. The van der Waals surface area contributed by atoms with Crippen LogP contribution in [0.2, 0.25) is 0 Å². The van der Waals surface area contributed by atoms with Gasteiger partial charge in [0, 0.05) is 6.61 Å². The van der Waals surface area contributed by atoms with E-state index in [0.29, 0.717) is 12.0 Å². The first-order chi connectivity index (χ1) is 5.02. The van der Waals surface area contributed by atoms with Crippen LogP contribution in [0.3, 0.4) is 0 Å². The lowest BCUT2D eigenvalue weighted by molar-refractivity contribution is 0.0504. The van der Waals surface area contributed by atoms with Crippen molar-refractivity contribution in [2.24, 2.45) is 11.8 Å². The summed E-state index contributed by atoms with van der Waals surface area (Å²) in [5, 5.41) is 0. The topological polar surface area (TPSA) is 9.23 Å². The monoisotopic (exact) mass is 158 g/mol. The first-order valence-electron chi connectivity index (χ1n) is 4.64. The van der Waals surface area contributed by atoms with Gasteiger partial charge in [0.1, 0.15) is 0 Å². The van der Waals surface area contributed by atoms with E-state index in [1.54, 1.807) is 0 Å². The minimum atomic E-state index is 0.379. The summed E-state index contributed by atoms with van der Waals surface area (Å²) in [4.78, 5) is 0. The first-order valence-corrected chi connectivity index (χ1v) is 4.64. The van der Waals surface area contributed by atoms with E-state index in [2.05, 4.69) is 34.6 Å². The molecule has 0 saturated carbocycles. The van der Waals surface area contributed by atoms with E-state index in [1.165, 1.54) is 6.42 Å². The van der Waals surface area contributed by atoms with Crippen LogP contribution in [0.5, 0.6) is 0 Å². The highest BCUT2D eigenvalue weighted by molar-refractivity contribution is 4.55. The Morgan fingerprint density at radius 3 is 1.91 bits per heavy atom. The third-order valence-corrected chi connectivity index (χ3v) is 1.59. The predicted molar refractivity (Wildman–Crippen MR) is 49.7 cm³/mol. The molecule has 0 unspecified atom stereocenters. The lowest BCUT2D eigenvalue weighted by Gasteiger charge is -2.15. The van der Waals surface area contributed by atoms with Gasteiger partial charge in [-0.15, -0.1) is 0 Å². The van der Waals surface area contributed by atoms with E-state index >= 15 is 0 Å². The Morgan fingerprint density at radius 1 is 1.00 bits per heavy atom. The van der Waals surface area contributed by atoms with Gasteiger partial charge in [-0.2, -0.15) is 0 Å². The molecule has 0 spiro atoms. The van der Waals surface area contributed by atoms with Crippen LogP contribution in [0.1, 0.15) is 41.0 Å². The molecule has 0 aliphatic carbocycles. The Balaban J connectivity index is 3.29. The van der Waals surface area contributed by atoms with E-state index < -0.39 is 0 Å². The molecule has 0 radical (unpaired) electrons. The van der Waals surface area contributed by atoms with Gasteiger partial charge in [0.2, 0.25) is 0 Å². The van der Waals surface area contributed by atoms with Gasteiger partial charge in [-0.1, -0.05) is 20.8 Å². The summed E-state index contributed by atoms with van der Waals surface area (Å²) in [5.74, 6) is 1.50. The molecular formula is C10H22O. The quantitative estimate of drug-likeness (QED) is 0.597. The molecule has 0 amide bonds. The Kier molecular flexibility index (Phi) is 5.57. The molecule has 0 aromatic carbocycles. The van der Waals surface area contributed by atoms with E-state index in [4.69, 9.17) is 4.74 Å². The van der Waals surface area contributed by atoms with Crippen molar-refractivity contribution in [1.29, 1.82) is 0 Å². The molecule has 68 valence electrons. The van der Waals surface area contributed by atoms with Crippen LogP contribution in [0.25, 0.3) is 0 Å². The summed E-state index contributed by atoms with van der Waals surface area (Å²) in [6, 6.07) is 0. The van der Waals surface area contributed by atoms with E-state index in [0.717, 1.165) is 12.5 Å². The Morgan fingerprint density at radius 2 is 1.55 bits per heavy atom. The van der Waals surface area contributed by atoms with Crippen molar-refractivity contribution < 1.29 is 4.74 Å². The van der Waals surface area contributed by atoms with Gasteiger partial charge < -0.3 is 4.74 Å². The van der Waals surface area contributed by atoms with Gasteiger partial charge in [-0.25, -0.2) is 0 Å². The average molecular weight is 158 g/mol. The Hall–Kier alpha value is -0.0400. The molecule has 0 saturated heterocycles. The summed E-state index contributed by atoms with van der Waals surface area (Å²) in [5.41, 5.74) is 0. The van der Waals surface area contributed by atoms with E-state index in [-0.39, 0.29) is 0 Å². The summed E-state index contributed by atoms with van der Waals surface area (Å²) in [6.07, 6.45) is 1.65. The standard InChI is InChI=1S/C10H22O/c1-8(2)6-10(5)7-11-9(3)4/h8-10H,6-7H2,1-5H3/t10-/m0/s1. The van der Waals surface area contributed by atoms with Crippen LogP contribution < -0.4 is 0 Å². The molecule has 0 aromatic heterocycles. The molecule has 0 fully saturated rings. The third-order valence-electron chi connectivity index (χ3n) is 1.59.